The molecule has 2 heterocycles. The van der Waals surface area contributed by atoms with Gasteiger partial charge in [0.05, 0.1) is 24.5 Å². The SMILES string of the molecule is COc1ccccc1C(=O)N1CCC(C2OC(=O)Nc3ccccc32)CC1O[C@H]1CC[C@@H](N)CC1. The van der Waals surface area contributed by atoms with Crippen molar-refractivity contribution in [2.24, 2.45) is 11.7 Å². The molecule has 2 amide bonds. The lowest BCUT2D eigenvalue weighted by atomic mass is 9.84. The zero-order valence-electron chi connectivity index (χ0n) is 20.0. The second-order valence-electron chi connectivity index (χ2n) is 9.65. The van der Waals surface area contributed by atoms with Crippen LogP contribution in [0.5, 0.6) is 5.75 Å². The monoisotopic (exact) mass is 479 g/mol. The lowest BCUT2D eigenvalue weighted by Gasteiger charge is -2.44. The Hall–Kier alpha value is -3.10. The van der Waals surface area contributed by atoms with E-state index in [0.29, 0.717) is 30.7 Å². The average Bonchev–Trinajstić information content (AvgIpc) is 2.89. The second kappa shape index (κ2) is 10.3. The Morgan fingerprint density at radius 1 is 1.06 bits per heavy atom. The lowest BCUT2D eigenvalue weighted by molar-refractivity contribution is -0.130. The summed E-state index contributed by atoms with van der Waals surface area (Å²) in [4.78, 5) is 27.8. The van der Waals surface area contributed by atoms with Crippen molar-refractivity contribution in [3.05, 3.63) is 59.7 Å². The van der Waals surface area contributed by atoms with Gasteiger partial charge in [0.25, 0.3) is 5.91 Å². The van der Waals surface area contributed by atoms with Crippen molar-refractivity contribution in [3.8, 4) is 5.75 Å². The topological polar surface area (TPSA) is 103 Å². The molecule has 8 nitrogen and oxygen atoms in total. The Morgan fingerprint density at radius 3 is 2.60 bits per heavy atom. The molecule has 2 aromatic rings. The molecule has 1 saturated carbocycles. The van der Waals surface area contributed by atoms with Gasteiger partial charge in [-0.1, -0.05) is 30.3 Å². The molecule has 186 valence electrons. The number of nitrogens with two attached hydrogens (primary N) is 1. The highest BCUT2D eigenvalue weighted by Crippen LogP contribution is 2.42. The Labute approximate surface area is 205 Å². The number of nitrogens with zero attached hydrogens (tertiary/aromatic N) is 1. The number of piperidine rings is 1. The molecular formula is C27H33N3O5. The fraction of sp³-hybridized carbons (Fsp3) is 0.481. The van der Waals surface area contributed by atoms with Gasteiger partial charge in [0, 0.05) is 24.1 Å². The number of ether oxygens (including phenoxy) is 3. The van der Waals surface area contributed by atoms with Gasteiger partial charge < -0.3 is 24.8 Å². The number of carbonyl (C=O) groups is 2. The van der Waals surface area contributed by atoms with Crippen LogP contribution in [-0.4, -0.2) is 48.9 Å². The van der Waals surface area contributed by atoms with Crippen LogP contribution in [-0.2, 0) is 9.47 Å². The number of hydrogen-bond donors (Lipinski definition) is 2. The van der Waals surface area contributed by atoms with Crippen molar-refractivity contribution < 1.29 is 23.8 Å². The number of fused-ring (bicyclic) bond motifs is 1. The van der Waals surface area contributed by atoms with E-state index in [1.54, 1.807) is 19.2 Å². The third-order valence-electron chi connectivity index (χ3n) is 7.43. The minimum Gasteiger partial charge on any atom is -0.496 e. The minimum atomic E-state index is -0.444. The molecule has 2 aromatic carbocycles. The van der Waals surface area contributed by atoms with Crippen LogP contribution in [0.2, 0.25) is 0 Å². The number of likely N-dealkylation sites (tertiary alicyclic amines) is 1. The van der Waals surface area contributed by atoms with Crippen LogP contribution >= 0.6 is 0 Å². The van der Waals surface area contributed by atoms with Crippen LogP contribution < -0.4 is 15.8 Å². The number of rotatable bonds is 5. The summed E-state index contributed by atoms with van der Waals surface area (Å²) in [5, 5.41) is 2.79. The number of amides is 2. The van der Waals surface area contributed by atoms with E-state index in [9.17, 15) is 9.59 Å². The van der Waals surface area contributed by atoms with Gasteiger partial charge in [0.1, 0.15) is 18.1 Å². The highest BCUT2D eigenvalue weighted by molar-refractivity contribution is 5.97. The summed E-state index contributed by atoms with van der Waals surface area (Å²) in [5.41, 5.74) is 8.36. The summed E-state index contributed by atoms with van der Waals surface area (Å²) in [6.45, 7) is 0.502. The van der Waals surface area contributed by atoms with E-state index in [4.69, 9.17) is 19.9 Å². The molecule has 3 N–H and O–H groups in total. The molecule has 1 saturated heterocycles. The number of benzene rings is 2. The van der Waals surface area contributed by atoms with Gasteiger partial charge in [-0.15, -0.1) is 0 Å². The van der Waals surface area contributed by atoms with E-state index in [1.807, 2.05) is 41.3 Å². The van der Waals surface area contributed by atoms with Gasteiger partial charge in [-0.3, -0.25) is 10.1 Å². The summed E-state index contributed by atoms with van der Waals surface area (Å²) < 4.78 is 17.8. The number of carbonyl (C=O) groups excluding carboxylic acids is 2. The first-order valence-electron chi connectivity index (χ1n) is 12.4. The molecule has 0 bridgehead atoms. The maximum Gasteiger partial charge on any atom is 0.412 e. The Morgan fingerprint density at radius 2 is 1.80 bits per heavy atom. The van der Waals surface area contributed by atoms with Crippen molar-refractivity contribution in [1.82, 2.24) is 4.90 Å². The number of para-hydroxylation sites is 2. The molecule has 2 fully saturated rings. The highest BCUT2D eigenvalue weighted by atomic mass is 16.6. The van der Waals surface area contributed by atoms with Crippen molar-refractivity contribution in [3.63, 3.8) is 0 Å². The van der Waals surface area contributed by atoms with Gasteiger partial charge in [0.2, 0.25) is 0 Å². The summed E-state index contributed by atoms with van der Waals surface area (Å²) in [6, 6.07) is 15.2. The molecule has 8 heteroatoms. The highest BCUT2D eigenvalue weighted by Gasteiger charge is 2.41. The fourth-order valence-electron chi connectivity index (χ4n) is 5.54. The minimum absolute atomic E-state index is 0.0276. The van der Waals surface area contributed by atoms with Crippen molar-refractivity contribution in [1.29, 1.82) is 0 Å². The first-order valence-corrected chi connectivity index (χ1v) is 12.4. The number of hydrogen-bond acceptors (Lipinski definition) is 6. The van der Waals surface area contributed by atoms with Crippen molar-refractivity contribution in [2.75, 3.05) is 19.0 Å². The number of cyclic esters (lactones) is 1. The Kier molecular flexibility index (Phi) is 6.92. The predicted octanol–water partition coefficient (Wildman–Crippen LogP) is 4.46. The van der Waals surface area contributed by atoms with Gasteiger partial charge in [-0.25, -0.2) is 4.79 Å². The normalized spacial score (nSPS) is 28.5. The Balaban J connectivity index is 1.40. The van der Waals surface area contributed by atoms with Crippen molar-refractivity contribution in [2.45, 2.75) is 63.0 Å². The van der Waals surface area contributed by atoms with E-state index >= 15 is 0 Å². The van der Waals surface area contributed by atoms with E-state index in [1.165, 1.54) is 0 Å². The molecule has 3 atom stereocenters. The van der Waals surface area contributed by atoms with Crippen LogP contribution in [0.15, 0.2) is 48.5 Å². The van der Waals surface area contributed by atoms with Crippen LogP contribution in [0.1, 0.15) is 60.6 Å². The molecule has 5 rings (SSSR count). The standard InChI is InChI=1S/C27H33N3O5/c1-33-23-9-5-3-7-21(23)26(31)30-15-14-17(16-24(30)34-19-12-10-18(28)11-13-19)25-20-6-2-4-8-22(20)29-27(32)35-25/h2-9,17-19,24-25H,10-16,28H2,1H3,(H,29,32)/t17?,18-,19+,24?,25?. The molecular weight excluding hydrogens is 446 g/mol. The van der Waals surface area contributed by atoms with Crippen molar-refractivity contribution >= 4 is 17.7 Å². The quantitative estimate of drug-likeness (QED) is 0.656. The summed E-state index contributed by atoms with van der Waals surface area (Å²) >= 11 is 0. The zero-order valence-corrected chi connectivity index (χ0v) is 20.0. The summed E-state index contributed by atoms with van der Waals surface area (Å²) in [5.74, 6) is 0.462. The number of methoxy groups -OCH3 is 1. The molecule has 0 radical (unpaired) electrons. The predicted molar refractivity (Wildman–Crippen MR) is 131 cm³/mol. The van der Waals surface area contributed by atoms with Gasteiger partial charge in [-0.2, -0.15) is 0 Å². The molecule has 35 heavy (non-hydrogen) atoms. The van der Waals surface area contributed by atoms with Crippen LogP contribution in [0.4, 0.5) is 10.5 Å². The Bertz CT molecular complexity index is 1070. The van der Waals surface area contributed by atoms with Crippen LogP contribution in [0, 0.1) is 5.92 Å². The van der Waals surface area contributed by atoms with E-state index < -0.39 is 12.3 Å². The van der Waals surface area contributed by atoms with Gasteiger partial charge in [-0.05, 0) is 56.7 Å². The van der Waals surface area contributed by atoms with E-state index in [2.05, 4.69) is 5.32 Å². The zero-order chi connectivity index (χ0) is 24.4. The molecule has 3 unspecified atom stereocenters. The van der Waals surface area contributed by atoms with Gasteiger partial charge >= 0.3 is 6.09 Å². The summed E-state index contributed by atoms with van der Waals surface area (Å²) in [7, 11) is 1.57. The number of anilines is 1. The van der Waals surface area contributed by atoms with E-state index in [0.717, 1.165) is 36.9 Å². The first-order chi connectivity index (χ1) is 17.0. The number of nitrogens with one attached hydrogen (secondary N) is 1. The smallest absolute Gasteiger partial charge is 0.412 e. The van der Waals surface area contributed by atoms with E-state index in [-0.39, 0.29) is 30.1 Å². The maximum absolute atomic E-state index is 13.7. The average molecular weight is 480 g/mol. The molecule has 0 aromatic heterocycles. The van der Waals surface area contributed by atoms with Gasteiger partial charge in [0.15, 0.2) is 0 Å². The third kappa shape index (κ3) is 4.99. The summed E-state index contributed by atoms with van der Waals surface area (Å²) in [6.07, 6.45) is 3.67. The molecule has 3 aliphatic rings. The maximum atomic E-state index is 13.7. The molecule has 0 spiro atoms. The third-order valence-corrected chi connectivity index (χ3v) is 7.43. The molecule has 2 aliphatic heterocycles. The lowest BCUT2D eigenvalue weighted by Crippen LogP contribution is -2.50. The first kappa shape index (κ1) is 23.6. The second-order valence-corrected chi connectivity index (χ2v) is 9.65. The van der Waals surface area contributed by atoms with Crippen LogP contribution in [0.25, 0.3) is 0 Å². The fourth-order valence-corrected chi connectivity index (χ4v) is 5.54. The largest absolute Gasteiger partial charge is 0.496 e. The van der Waals surface area contributed by atoms with Crippen LogP contribution in [0.3, 0.4) is 0 Å². The molecule has 1 aliphatic carbocycles.